The first-order chi connectivity index (χ1) is 12.1. The molecule has 0 amide bonds. The molecule has 140 valence electrons. The van der Waals surface area contributed by atoms with Crippen molar-refractivity contribution in [1.82, 2.24) is 0 Å². The Kier molecular flexibility index (Phi) is 7.86. The molecule has 1 aromatic carbocycles. The number of rotatable bonds is 8. The van der Waals surface area contributed by atoms with Crippen molar-refractivity contribution in [3.8, 4) is 0 Å². The fourth-order valence-electron chi connectivity index (χ4n) is 4.10. The molecule has 2 nitrogen and oxygen atoms in total. The van der Waals surface area contributed by atoms with Gasteiger partial charge in [0.25, 0.3) is 6.43 Å². The van der Waals surface area contributed by atoms with Gasteiger partial charge in [0.1, 0.15) is 5.92 Å². The normalized spacial score (nSPS) is 18.1. The molecule has 0 N–H and O–H groups in total. The van der Waals surface area contributed by atoms with Crippen molar-refractivity contribution < 1.29 is 18.3 Å². The van der Waals surface area contributed by atoms with E-state index < -0.39 is 24.2 Å². The molecule has 0 radical (unpaired) electrons. The van der Waals surface area contributed by atoms with Crippen LogP contribution in [0.25, 0.3) is 0 Å². The van der Waals surface area contributed by atoms with Gasteiger partial charge in [-0.1, -0.05) is 56.9 Å². The van der Waals surface area contributed by atoms with Gasteiger partial charge in [0, 0.05) is 5.92 Å². The first-order valence-corrected chi connectivity index (χ1v) is 9.53. The predicted octanol–water partition coefficient (Wildman–Crippen LogP) is 5.75. The zero-order valence-electron chi connectivity index (χ0n) is 15.3. The topological polar surface area (TPSA) is 26.3 Å². The van der Waals surface area contributed by atoms with Crippen molar-refractivity contribution in [3.05, 3.63) is 35.4 Å². The second-order valence-electron chi connectivity index (χ2n) is 7.15. The van der Waals surface area contributed by atoms with Crippen LogP contribution in [0.1, 0.15) is 68.9 Å². The second kappa shape index (κ2) is 9.88. The molecule has 0 heterocycles. The summed E-state index contributed by atoms with van der Waals surface area (Å²) in [5, 5.41) is 0. The number of carbonyl (C=O) groups excluding carboxylic acids is 1. The van der Waals surface area contributed by atoms with E-state index in [4.69, 9.17) is 4.74 Å². The summed E-state index contributed by atoms with van der Waals surface area (Å²) in [5.41, 5.74) is 2.07. The minimum absolute atomic E-state index is 0.119. The van der Waals surface area contributed by atoms with Crippen LogP contribution in [-0.4, -0.2) is 19.5 Å². The third-order valence-electron chi connectivity index (χ3n) is 5.47. The maximum atomic E-state index is 13.8. The molecule has 4 heteroatoms. The van der Waals surface area contributed by atoms with Crippen LogP contribution in [0.2, 0.25) is 0 Å². The highest BCUT2D eigenvalue weighted by molar-refractivity contribution is 5.74. The van der Waals surface area contributed by atoms with E-state index in [2.05, 4.69) is 6.92 Å². The van der Waals surface area contributed by atoms with E-state index in [1.54, 1.807) is 0 Å². The van der Waals surface area contributed by atoms with Crippen molar-refractivity contribution in [3.63, 3.8) is 0 Å². The fourth-order valence-corrected chi connectivity index (χ4v) is 4.10. The van der Waals surface area contributed by atoms with E-state index in [1.165, 1.54) is 12.7 Å². The van der Waals surface area contributed by atoms with Crippen LogP contribution in [0.15, 0.2) is 24.3 Å². The molecule has 1 aliphatic rings. The van der Waals surface area contributed by atoms with Gasteiger partial charge in [-0.3, -0.25) is 4.79 Å². The summed E-state index contributed by atoms with van der Waals surface area (Å²) in [7, 11) is 1.20. The number of alkyl halides is 2. The molecule has 1 fully saturated rings. The molecule has 0 aromatic heterocycles. The Bertz CT molecular complexity index is 521. The van der Waals surface area contributed by atoms with E-state index in [0.717, 1.165) is 56.9 Å². The molecule has 2 unspecified atom stereocenters. The number of ether oxygens (including phenoxy) is 1. The van der Waals surface area contributed by atoms with Crippen LogP contribution in [-0.2, 0) is 16.0 Å². The highest BCUT2D eigenvalue weighted by atomic mass is 19.3. The maximum Gasteiger partial charge on any atom is 0.315 e. The van der Waals surface area contributed by atoms with Crippen LogP contribution in [0.5, 0.6) is 0 Å². The van der Waals surface area contributed by atoms with E-state index in [9.17, 15) is 13.6 Å². The van der Waals surface area contributed by atoms with Crippen molar-refractivity contribution in [1.29, 1.82) is 0 Å². The predicted molar refractivity (Wildman–Crippen MR) is 95.9 cm³/mol. The molecule has 25 heavy (non-hydrogen) atoms. The van der Waals surface area contributed by atoms with Gasteiger partial charge in [0.2, 0.25) is 0 Å². The van der Waals surface area contributed by atoms with Crippen molar-refractivity contribution in [2.45, 2.75) is 70.6 Å². The Hall–Kier alpha value is -1.45. The standard InChI is InChI=1S/C21H30F2O2/c1-3-4-8-15-11-13-17(14-12-15)18(16-9-6-5-7-10-16)19(20(22)23)21(24)25-2/h11-14,16,18-20H,3-10H2,1-2H3. The van der Waals surface area contributed by atoms with Crippen LogP contribution in [0.4, 0.5) is 8.78 Å². The molecule has 2 atom stereocenters. The molecule has 2 rings (SSSR count). The van der Waals surface area contributed by atoms with E-state index in [1.807, 2.05) is 24.3 Å². The quantitative estimate of drug-likeness (QED) is 0.557. The molecular formula is C21H30F2O2. The van der Waals surface area contributed by atoms with Crippen molar-refractivity contribution in [2.75, 3.05) is 7.11 Å². The third kappa shape index (κ3) is 5.26. The summed E-state index contributed by atoms with van der Waals surface area (Å²) in [6, 6.07) is 7.95. The average molecular weight is 352 g/mol. The van der Waals surface area contributed by atoms with Gasteiger partial charge in [0.15, 0.2) is 0 Å². The van der Waals surface area contributed by atoms with Gasteiger partial charge in [-0.2, -0.15) is 0 Å². The lowest BCUT2D eigenvalue weighted by Gasteiger charge is -2.34. The van der Waals surface area contributed by atoms with Crippen LogP contribution in [0.3, 0.4) is 0 Å². The highest BCUT2D eigenvalue weighted by Gasteiger charge is 2.42. The lowest BCUT2D eigenvalue weighted by molar-refractivity contribution is -0.153. The first kappa shape index (κ1) is 19.9. The van der Waals surface area contributed by atoms with Gasteiger partial charge < -0.3 is 4.74 Å². The number of aryl methyl sites for hydroxylation is 1. The Labute approximate surface area is 150 Å². The third-order valence-corrected chi connectivity index (χ3v) is 5.47. The minimum atomic E-state index is -2.71. The molecule has 0 saturated heterocycles. The van der Waals surface area contributed by atoms with Gasteiger partial charge in [-0.05, 0) is 42.7 Å². The SMILES string of the molecule is CCCCc1ccc(C(C2CCCCC2)C(C(=O)OC)C(F)F)cc1. The van der Waals surface area contributed by atoms with Crippen LogP contribution < -0.4 is 0 Å². The zero-order valence-corrected chi connectivity index (χ0v) is 15.3. The first-order valence-electron chi connectivity index (χ1n) is 9.53. The number of halogens is 2. The van der Waals surface area contributed by atoms with Crippen molar-refractivity contribution in [2.24, 2.45) is 11.8 Å². The highest BCUT2D eigenvalue weighted by Crippen LogP contribution is 2.43. The summed E-state index contributed by atoms with van der Waals surface area (Å²) in [6.45, 7) is 2.15. The van der Waals surface area contributed by atoms with E-state index in [-0.39, 0.29) is 5.92 Å². The zero-order chi connectivity index (χ0) is 18.2. The van der Waals surface area contributed by atoms with E-state index >= 15 is 0 Å². The molecule has 0 bridgehead atoms. The number of esters is 1. The Morgan fingerprint density at radius 3 is 2.32 bits per heavy atom. The Morgan fingerprint density at radius 1 is 1.16 bits per heavy atom. The number of unbranched alkanes of at least 4 members (excludes halogenated alkanes) is 1. The van der Waals surface area contributed by atoms with Crippen LogP contribution >= 0.6 is 0 Å². The van der Waals surface area contributed by atoms with Gasteiger partial charge >= 0.3 is 5.97 Å². The molecule has 1 aliphatic carbocycles. The molecule has 1 saturated carbocycles. The fraction of sp³-hybridized carbons (Fsp3) is 0.667. The molecule has 0 aliphatic heterocycles. The average Bonchev–Trinajstić information content (AvgIpc) is 2.64. The number of methoxy groups -OCH3 is 1. The number of carbonyl (C=O) groups is 1. The monoisotopic (exact) mass is 352 g/mol. The van der Waals surface area contributed by atoms with Gasteiger partial charge in [-0.15, -0.1) is 0 Å². The summed E-state index contributed by atoms with van der Waals surface area (Å²) in [4.78, 5) is 12.1. The molecule has 1 aromatic rings. The Morgan fingerprint density at radius 2 is 1.80 bits per heavy atom. The number of hydrogen-bond acceptors (Lipinski definition) is 2. The smallest absolute Gasteiger partial charge is 0.315 e. The van der Waals surface area contributed by atoms with Gasteiger partial charge in [-0.25, -0.2) is 8.78 Å². The second-order valence-corrected chi connectivity index (χ2v) is 7.15. The Balaban J connectivity index is 2.31. The van der Waals surface area contributed by atoms with Crippen LogP contribution in [0, 0.1) is 11.8 Å². The van der Waals surface area contributed by atoms with Crippen molar-refractivity contribution >= 4 is 5.97 Å². The summed E-state index contributed by atoms with van der Waals surface area (Å²) in [6.07, 6.45) is 5.59. The largest absolute Gasteiger partial charge is 0.469 e. The lowest BCUT2D eigenvalue weighted by atomic mass is 9.70. The number of hydrogen-bond donors (Lipinski definition) is 0. The minimum Gasteiger partial charge on any atom is -0.469 e. The van der Waals surface area contributed by atoms with Gasteiger partial charge in [0.05, 0.1) is 7.11 Å². The summed E-state index contributed by atoms with van der Waals surface area (Å²) >= 11 is 0. The number of benzene rings is 1. The maximum absolute atomic E-state index is 13.8. The van der Waals surface area contributed by atoms with E-state index in [0.29, 0.717) is 0 Å². The molecular weight excluding hydrogens is 322 g/mol. The summed E-state index contributed by atoms with van der Waals surface area (Å²) in [5.74, 6) is -2.52. The summed E-state index contributed by atoms with van der Waals surface area (Å²) < 4.78 is 32.3. The lowest BCUT2D eigenvalue weighted by Crippen LogP contribution is -2.35. The molecule has 0 spiro atoms.